The van der Waals surface area contributed by atoms with Gasteiger partial charge in [-0.15, -0.1) is 22.7 Å². The first-order valence-corrected chi connectivity index (χ1v) is 26.0. The summed E-state index contributed by atoms with van der Waals surface area (Å²) in [5.74, 6) is 0. The zero-order valence-electron chi connectivity index (χ0n) is 40.1. The van der Waals surface area contributed by atoms with Crippen molar-refractivity contribution >= 4 is 95.7 Å². The van der Waals surface area contributed by atoms with E-state index in [9.17, 15) is 0 Å². The lowest BCUT2D eigenvalue weighted by molar-refractivity contribution is 0.660. The van der Waals surface area contributed by atoms with Crippen LogP contribution in [0, 0.1) is 0 Å². The van der Waals surface area contributed by atoms with E-state index < -0.39 is 5.41 Å². The molecule has 0 N–H and O–H groups in total. The van der Waals surface area contributed by atoms with Crippen LogP contribution in [-0.2, 0) is 11.8 Å². The fraction of sp³-hybridized carbons (Fsp3) is 0.0746. The van der Waals surface area contributed by atoms with Crippen LogP contribution in [0.2, 0.25) is 0 Å². The summed E-state index contributed by atoms with van der Waals surface area (Å²) in [5, 5.41) is 3.50. The van der Waals surface area contributed by atoms with Crippen molar-refractivity contribution in [3.63, 3.8) is 0 Å². The number of hydrogen-bond donors (Lipinski definition) is 0. The van der Waals surface area contributed by atoms with Gasteiger partial charge in [0.1, 0.15) is 0 Å². The Balaban J connectivity index is 1.07. The lowest BCUT2D eigenvalue weighted by atomic mass is 9.81. The third kappa shape index (κ3) is 7.28. The van der Waals surface area contributed by atoms with Crippen LogP contribution in [0.3, 0.4) is 0 Å². The van der Waals surface area contributed by atoms with E-state index >= 15 is 0 Å². The van der Waals surface area contributed by atoms with Gasteiger partial charge in [-0.3, -0.25) is 0 Å². The quantitative estimate of drug-likeness (QED) is 0.127. The number of aryl methyl sites for hydroxylation is 1. The number of anilines is 4. The van der Waals surface area contributed by atoms with Crippen molar-refractivity contribution in [1.29, 1.82) is 0 Å². The van der Waals surface area contributed by atoms with Crippen LogP contribution in [0.25, 0.3) is 83.7 Å². The second kappa shape index (κ2) is 17.7. The lowest BCUT2D eigenvalue weighted by Crippen LogP contribution is -2.28. The first-order chi connectivity index (χ1) is 34.8. The second-order valence-corrected chi connectivity index (χ2v) is 21.0. The molecular weight excluding hydrogens is 897 g/mol. The van der Waals surface area contributed by atoms with Gasteiger partial charge in [0.05, 0.1) is 26.5 Å². The Bertz CT molecular complexity index is 3940. The van der Waals surface area contributed by atoms with Gasteiger partial charge in [0.25, 0.3) is 0 Å². The minimum Gasteiger partial charge on any atom is -0.309 e. The van der Waals surface area contributed by atoms with E-state index in [2.05, 4.69) is 238 Å². The van der Waals surface area contributed by atoms with Crippen molar-refractivity contribution in [2.75, 3.05) is 9.80 Å². The normalized spacial score (nSPS) is 13.7. The number of fused-ring (bicyclic) bond motifs is 7. The third-order valence-electron chi connectivity index (χ3n) is 14.6. The Hall–Kier alpha value is -8.02. The molecule has 342 valence electrons. The van der Waals surface area contributed by atoms with Gasteiger partial charge >= 0.3 is 0 Å². The van der Waals surface area contributed by atoms with Gasteiger partial charge in [0.15, 0.2) is 0 Å². The largest absolute Gasteiger partial charge is 0.309 e. The maximum absolute atomic E-state index is 4.69. The molecule has 71 heavy (non-hydrogen) atoms. The van der Waals surface area contributed by atoms with Crippen molar-refractivity contribution in [1.82, 2.24) is 0 Å². The number of hydrogen-bond acceptors (Lipinski definition) is 4. The van der Waals surface area contributed by atoms with E-state index in [4.69, 9.17) is 0 Å². The van der Waals surface area contributed by atoms with Crippen LogP contribution in [0.15, 0.2) is 214 Å². The summed E-state index contributed by atoms with van der Waals surface area (Å²) in [6, 6.07) is 66.2. The standard InChI is InChI=1S/C67H52N2S2/c1-7-51-52(8-2)64-56-38-37-50(68(48-29-20-27-46(39-48)44-23-12-10-13-24-44)60-34-22-33-55-54-32-17-19-36-63(54)71-66(55)60)41-57(56)67(5,6)58(64)42-61(51)69(49-30-21-28-47(40-49)45-25-14-11-15-26-45)59(9-3)65-43(4)53-31-16-18-35-62(53)70-65/h7-21,23-32,34-42H,1-4,22,33H2,5-6H3/b65-59-. The first-order valence-electron chi connectivity index (χ1n) is 24.3. The molecule has 0 fully saturated rings. The molecule has 2 aliphatic carbocycles. The molecule has 0 saturated heterocycles. The fourth-order valence-electron chi connectivity index (χ4n) is 11.2. The minimum absolute atomic E-state index is 0.408. The average molecular weight is 949 g/mol. The van der Waals surface area contributed by atoms with Gasteiger partial charge < -0.3 is 9.80 Å². The highest BCUT2D eigenvalue weighted by atomic mass is 32.1. The Morgan fingerprint density at radius 1 is 0.563 bits per heavy atom. The summed E-state index contributed by atoms with van der Waals surface area (Å²) < 4.78 is 3.59. The topological polar surface area (TPSA) is 6.48 Å². The van der Waals surface area contributed by atoms with E-state index in [1.54, 1.807) is 11.3 Å². The summed E-state index contributed by atoms with van der Waals surface area (Å²) in [7, 11) is 0. The van der Waals surface area contributed by atoms with Crippen molar-refractivity contribution in [3.8, 4) is 33.4 Å². The fourth-order valence-corrected chi connectivity index (χ4v) is 13.6. The highest BCUT2D eigenvalue weighted by molar-refractivity contribution is 7.20. The molecule has 0 bridgehead atoms. The first kappa shape index (κ1) is 44.2. The molecule has 2 nitrogen and oxygen atoms in total. The maximum atomic E-state index is 4.69. The Morgan fingerprint density at radius 2 is 1.15 bits per heavy atom. The van der Waals surface area contributed by atoms with E-state index in [0.717, 1.165) is 78.7 Å². The van der Waals surface area contributed by atoms with Crippen LogP contribution in [0.4, 0.5) is 22.7 Å². The van der Waals surface area contributed by atoms with Crippen LogP contribution in [0.1, 0.15) is 53.0 Å². The van der Waals surface area contributed by atoms with E-state index in [1.807, 2.05) is 29.6 Å². The molecule has 10 aromatic rings. The van der Waals surface area contributed by atoms with Gasteiger partial charge in [0, 0.05) is 37.4 Å². The smallest absolute Gasteiger partial charge is 0.0634 e. The van der Waals surface area contributed by atoms with Crippen LogP contribution >= 0.6 is 22.7 Å². The molecule has 0 unspecified atom stereocenters. The van der Waals surface area contributed by atoms with Crippen molar-refractivity contribution in [2.45, 2.75) is 32.1 Å². The summed E-state index contributed by atoms with van der Waals surface area (Å²) in [6.07, 6.45) is 10.5. The number of allylic oxidation sites excluding steroid dienone is 1. The number of rotatable bonds is 11. The van der Waals surface area contributed by atoms with Gasteiger partial charge in [-0.1, -0.05) is 186 Å². The summed E-state index contributed by atoms with van der Waals surface area (Å²) >= 11 is 3.67. The number of thiophene rings is 2. The zero-order valence-corrected chi connectivity index (χ0v) is 41.7. The molecule has 0 spiro atoms. The molecule has 12 rings (SSSR count). The lowest BCUT2D eigenvalue weighted by Gasteiger charge is -2.32. The molecular formula is C67H52N2S2. The van der Waals surface area contributed by atoms with Gasteiger partial charge in [-0.05, 0) is 145 Å². The van der Waals surface area contributed by atoms with Crippen LogP contribution in [-0.4, -0.2) is 0 Å². The van der Waals surface area contributed by atoms with Gasteiger partial charge in [-0.25, -0.2) is 0 Å². The predicted octanol–water partition coefficient (Wildman–Crippen LogP) is 17.7. The number of nitrogens with zero attached hydrogens (tertiary/aromatic N) is 2. The Morgan fingerprint density at radius 3 is 1.82 bits per heavy atom. The van der Waals surface area contributed by atoms with Crippen molar-refractivity contribution in [2.24, 2.45) is 0 Å². The maximum Gasteiger partial charge on any atom is 0.0634 e. The highest BCUT2D eigenvalue weighted by Crippen LogP contribution is 2.56. The number of benzene rings is 8. The summed E-state index contributed by atoms with van der Waals surface area (Å²) in [4.78, 5) is 6.24. The predicted molar refractivity (Wildman–Crippen MR) is 311 cm³/mol. The molecule has 0 saturated carbocycles. The molecule has 0 atom stereocenters. The Labute approximate surface area is 424 Å². The molecule has 8 aromatic carbocycles. The molecule has 0 radical (unpaired) electrons. The minimum atomic E-state index is -0.408. The highest BCUT2D eigenvalue weighted by Gasteiger charge is 2.40. The molecule has 0 amide bonds. The van der Waals surface area contributed by atoms with Crippen LogP contribution in [0.5, 0.6) is 0 Å². The average Bonchev–Trinajstić information content (AvgIpc) is 4.04. The van der Waals surface area contributed by atoms with Crippen molar-refractivity contribution in [3.05, 3.63) is 256 Å². The zero-order chi connectivity index (χ0) is 48.4. The molecule has 2 aromatic heterocycles. The second-order valence-electron chi connectivity index (χ2n) is 18.9. The summed E-state index contributed by atoms with van der Waals surface area (Å²) in [6.45, 7) is 23.0. The van der Waals surface area contributed by atoms with Crippen molar-refractivity contribution < 1.29 is 0 Å². The molecule has 0 aliphatic heterocycles. The molecule has 2 aliphatic rings. The van der Waals surface area contributed by atoms with Crippen LogP contribution < -0.4 is 19.6 Å². The van der Waals surface area contributed by atoms with Gasteiger partial charge in [-0.2, -0.15) is 0 Å². The Kier molecular flexibility index (Phi) is 11.0. The van der Waals surface area contributed by atoms with E-state index in [1.165, 1.54) is 64.3 Å². The molecule has 4 heteroatoms. The monoisotopic (exact) mass is 948 g/mol. The SMILES string of the molecule is C=C/C(=c1/sc2ccccc2c1=C)N(c1cccc(-c2ccccc2)c1)c1cc2c(c(C=C)c1C=C)-c1ccc(N(C3=CCCc4c3sc3ccccc43)c3cccc(-c4ccccc4)c3)cc1C2(C)C. The van der Waals surface area contributed by atoms with Gasteiger partial charge in [0.2, 0.25) is 0 Å². The van der Waals surface area contributed by atoms with E-state index in [-0.39, 0.29) is 0 Å². The third-order valence-corrected chi connectivity index (χ3v) is 17.1. The van der Waals surface area contributed by atoms with E-state index in [0.29, 0.717) is 0 Å². The summed E-state index contributed by atoms with van der Waals surface area (Å²) in [5.41, 5.74) is 19.2. The molecule has 2 heterocycles.